The first-order valence-corrected chi connectivity index (χ1v) is 8.82. The van der Waals surface area contributed by atoms with Crippen molar-refractivity contribution in [2.75, 3.05) is 26.2 Å². The Balaban J connectivity index is 1.92. The summed E-state index contributed by atoms with van der Waals surface area (Å²) in [6.45, 7) is 4.48. The highest BCUT2D eigenvalue weighted by Crippen LogP contribution is 2.42. The van der Waals surface area contributed by atoms with E-state index in [-0.39, 0.29) is 0 Å². The van der Waals surface area contributed by atoms with Crippen LogP contribution in [-0.4, -0.2) is 31.1 Å². The summed E-state index contributed by atoms with van der Waals surface area (Å²) < 4.78 is 1.21. The largest absolute Gasteiger partial charge is 0.314 e. The molecule has 2 fully saturated rings. The summed E-state index contributed by atoms with van der Waals surface area (Å²) in [7, 11) is 0. The van der Waals surface area contributed by atoms with Gasteiger partial charge in [0.2, 0.25) is 0 Å². The van der Waals surface area contributed by atoms with Gasteiger partial charge in [-0.15, -0.1) is 0 Å². The highest BCUT2D eigenvalue weighted by molar-refractivity contribution is 9.10. The van der Waals surface area contributed by atoms with Crippen LogP contribution in [0.5, 0.6) is 0 Å². The van der Waals surface area contributed by atoms with Crippen molar-refractivity contribution in [1.29, 1.82) is 0 Å². The van der Waals surface area contributed by atoms with Crippen LogP contribution in [0.3, 0.4) is 0 Å². The molecule has 1 heterocycles. The van der Waals surface area contributed by atoms with E-state index in [9.17, 15) is 0 Å². The van der Waals surface area contributed by atoms with Crippen molar-refractivity contribution >= 4 is 27.5 Å². The topological polar surface area (TPSA) is 15.3 Å². The molecular weight excluding hydrogens is 336 g/mol. The SMILES string of the molecule is Clc1ccc(Br)c([C@H](C2CCCC2)N2CCNCC2)c1. The molecule has 1 saturated carbocycles. The maximum atomic E-state index is 6.25. The van der Waals surface area contributed by atoms with E-state index in [2.05, 4.69) is 38.3 Å². The van der Waals surface area contributed by atoms with Gasteiger partial charge in [-0.05, 0) is 42.5 Å². The first kappa shape index (κ1) is 14.8. The Morgan fingerprint density at radius 1 is 1.20 bits per heavy atom. The van der Waals surface area contributed by atoms with Crippen LogP contribution in [-0.2, 0) is 0 Å². The molecule has 110 valence electrons. The molecule has 1 N–H and O–H groups in total. The molecular formula is C16H22BrClN2. The maximum Gasteiger partial charge on any atom is 0.0410 e. The first-order valence-electron chi connectivity index (χ1n) is 7.65. The van der Waals surface area contributed by atoms with Crippen molar-refractivity contribution in [3.63, 3.8) is 0 Å². The van der Waals surface area contributed by atoms with Crippen LogP contribution in [0.2, 0.25) is 5.02 Å². The van der Waals surface area contributed by atoms with Gasteiger partial charge in [-0.25, -0.2) is 0 Å². The van der Waals surface area contributed by atoms with Gasteiger partial charge in [-0.1, -0.05) is 40.4 Å². The highest BCUT2D eigenvalue weighted by Gasteiger charge is 2.32. The minimum Gasteiger partial charge on any atom is -0.314 e. The zero-order valence-corrected chi connectivity index (χ0v) is 14.1. The van der Waals surface area contributed by atoms with Gasteiger partial charge in [0.05, 0.1) is 0 Å². The van der Waals surface area contributed by atoms with Gasteiger partial charge in [0, 0.05) is 41.7 Å². The molecule has 0 spiro atoms. The molecule has 4 heteroatoms. The Morgan fingerprint density at radius 2 is 1.90 bits per heavy atom. The Kier molecular flexibility index (Phi) is 5.03. The Bertz CT molecular complexity index is 454. The predicted octanol–water partition coefficient (Wildman–Crippen LogP) is 4.24. The zero-order valence-electron chi connectivity index (χ0n) is 11.7. The average molecular weight is 358 g/mol. The second-order valence-electron chi connectivity index (χ2n) is 5.94. The second-order valence-corrected chi connectivity index (χ2v) is 7.23. The number of benzene rings is 1. The van der Waals surface area contributed by atoms with Crippen LogP contribution in [0.4, 0.5) is 0 Å². The van der Waals surface area contributed by atoms with Crippen molar-refractivity contribution in [3.05, 3.63) is 33.3 Å². The van der Waals surface area contributed by atoms with Gasteiger partial charge in [0.15, 0.2) is 0 Å². The van der Waals surface area contributed by atoms with Crippen LogP contribution in [0.15, 0.2) is 22.7 Å². The minimum absolute atomic E-state index is 0.521. The van der Waals surface area contributed by atoms with Crippen LogP contribution in [0.1, 0.15) is 37.3 Å². The van der Waals surface area contributed by atoms with Gasteiger partial charge < -0.3 is 5.32 Å². The van der Waals surface area contributed by atoms with Gasteiger partial charge >= 0.3 is 0 Å². The normalized spacial score (nSPS) is 23.1. The predicted molar refractivity (Wildman–Crippen MR) is 88.3 cm³/mol. The monoisotopic (exact) mass is 356 g/mol. The lowest BCUT2D eigenvalue weighted by molar-refractivity contribution is 0.125. The lowest BCUT2D eigenvalue weighted by Gasteiger charge is -2.39. The number of rotatable bonds is 3. The molecule has 1 saturated heterocycles. The lowest BCUT2D eigenvalue weighted by atomic mass is 9.89. The van der Waals surface area contributed by atoms with Crippen molar-refractivity contribution in [1.82, 2.24) is 10.2 Å². The number of nitrogens with zero attached hydrogens (tertiary/aromatic N) is 1. The molecule has 1 aliphatic heterocycles. The Morgan fingerprint density at radius 3 is 2.60 bits per heavy atom. The van der Waals surface area contributed by atoms with E-state index in [1.54, 1.807) is 0 Å². The molecule has 20 heavy (non-hydrogen) atoms. The highest BCUT2D eigenvalue weighted by atomic mass is 79.9. The van der Waals surface area contributed by atoms with Crippen LogP contribution in [0, 0.1) is 5.92 Å². The maximum absolute atomic E-state index is 6.25. The third-order valence-electron chi connectivity index (χ3n) is 4.67. The van der Waals surface area contributed by atoms with Crippen molar-refractivity contribution in [2.45, 2.75) is 31.7 Å². The molecule has 1 aromatic rings. The third-order valence-corrected chi connectivity index (χ3v) is 5.63. The molecule has 1 aliphatic carbocycles. The van der Waals surface area contributed by atoms with Crippen molar-refractivity contribution < 1.29 is 0 Å². The second kappa shape index (κ2) is 6.78. The molecule has 0 bridgehead atoms. The standard InChI is InChI=1S/C16H22BrClN2/c17-15-6-5-13(18)11-14(15)16(12-3-1-2-4-12)20-9-7-19-8-10-20/h5-6,11-12,16,19H,1-4,7-10H2/t16-/m0/s1. The molecule has 0 amide bonds. The summed E-state index contributed by atoms with van der Waals surface area (Å²) in [5.41, 5.74) is 1.38. The number of hydrogen-bond donors (Lipinski definition) is 1. The van der Waals surface area contributed by atoms with E-state index in [0.29, 0.717) is 6.04 Å². The van der Waals surface area contributed by atoms with E-state index in [4.69, 9.17) is 11.6 Å². The smallest absolute Gasteiger partial charge is 0.0410 e. The number of piperazine rings is 1. The molecule has 2 aliphatic rings. The summed E-state index contributed by atoms with van der Waals surface area (Å²) in [5, 5.41) is 4.31. The van der Waals surface area contributed by atoms with E-state index >= 15 is 0 Å². The Labute approximate surface area is 135 Å². The zero-order chi connectivity index (χ0) is 13.9. The summed E-state index contributed by atoms with van der Waals surface area (Å²) >= 11 is 10.00. The van der Waals surface area contributed by atoms with E-state index < -0.39 is 0 Å². The first-order chi connectivity index (χ1) is 9.75. The summed E-state index contributed by atoms with van der Waals surface area (Å²) in [4.78, 5) is 2.66. The molecule has 0 radical (unpaired) electrons. The molecule has 0 unspecified atom stereocenters. The number of halogens is 2. The average Bonchev–Trinajstić information content (AvgIpc) is 2.98. The van der Waals surface area contributed by atoms with E-state index in [1.807, 2.05) is 6.07 Å². The van der Waals surface area contributed by atoms with Crippen LogP contribution in [0.25, 0.3) is 0 Å². The van der Waals surface area contributed by atoms with Crippen molar-refractivity contribution in [3.8, 4) is 0 Å². The van der Waals surface area contributed by atoms with Gasteiger partial charge in [-0.3, -0.25) is 4.90 Å². The quantitative estimate of drug-likeness (QED) is 0.870. The number of hydrogen-bond acceptors (Lipinski definition) is 2. The minimum atomic E-state index is 0.521. The molecule has 2 nitrogen and oxygen atoms in total. The fraction of sp³-hybridized carbons (Fsp3) is 0.625. The Hall–Kier alpha value is -0.0900. The molecule has 0 aromatic heterocycles. The molecule has 3 rings (SSSR count). The van der Waals surface area contributed by atoms with E-state index in [0.717, 1.165) is 37.1 Å². The summed E-state index contributed by atoms with van der Waals surface area (Å²) in [6, 6.07) is 6.75. The van der Waals surface area contributed by atoms with E-state index in [1.165, 1.54) is 35.7 Å². The third kappa shape index (κ3) is 3.22. The van der Waals surface area contributed by atoms with Gasteiger partial charge in [0.25, 0.3) is 0 Å². The molecule has 1 atom stereocenters. The van der Waals surface area contributed by atoms with Gasteiger partial charge in [0.1, 0.15) is 0 Å². The fourth-order valence-corrected chi connectivity index (χ4v) is 4.39. The fourth-order valence-electron chi connectivity index (χ4n) is 3.72. The summed E-state index contributed by atoms with van der Waals surface area (Å²) in [5.74, 6) is 0.780. The lowest BCUT2D eigenvalue weighted by Crippen LogP contribution is -2.46. The van der Waals surface area contributed by atoms with Gasteiger partial charge in [-0.2, -0.15) is 0 Å². The summed E-state index contributed by atoms with van der Waals surface area (Å²) in [6.07, 6.45) is 5.47. The number of nitrogens with one attached hydrogen (secondary N) is 1. The van der Waals surface area contributed by atoms with Crippen molar-refractivity contribution in [2.24, 2.45) is 5.92 Å². The molecule has 1 aromatic carbocycles. The van der Waals surface area contributed by atoms with Crippen LogP contribution < -0.4 is 5.32 Å². The van der Waals surface area contributed by atoms with Crippen LogP contribution >= 0.6 is 27.5 Å².